The molecule has 28 heavy (non-hydrogen) atoms. The maximum atomic E-state index is 13.0. The number of carbonyl (C=O) groups excluding carboxylic acids is 2. The Morgan fingerprint density at radius 1 is 1.21 bits per heavy atom. The van der Waals surface area contributed by atoms with Crippen LogP contribution in [0.2, 0.25) is 5.02 Å². The molecule has 3 aromatic rings. The van der Waals surface area contributed by atoms with Crippen molar-refractivity contribution in [3.63, 3.8) is 0 Å². The third-order valence-corrected chi connectivity index (χ3v) is 5.16. The fourth-order valence-electron chi connectivity index (χ4n) is 3.48. The molecule has 0 saturated heterocycles. The summed E-state index contributed by atoms with van der Waals surface area (Å²) in [5, 5.41) is 7.43. The van der Waals surface area contributed by atoms with Crippen molar-refractivity contribution in [2.45, 2.75) is 20.3 Å². The number of nitrogens with zero attached hydrogens (tertiary/aromatic N) is 2. The summed E-state index contributed by atoms with van der Waals surface area (Å²) in [4.78, 5) is 26.4. The second kappa shape index (κ2) is 7.13. The van der Waals surface area contributed by atoms with Crippen molar-refractivity contribution in [1.82, 2.24) is 5.16 Å². The summed E-state index contributed by atoms with van der Waals surface area (Å²) in [5.74, 6) is 0.103. The Morgan fingerprint density at radius 2 is 2.00 bits per heavy atom. The number of fused-ring (bicyclic) bond motifs is 1. The molecule has 0 bridgehead atoms. The van der Waals surface area contributed by atoms with Gasteiger partial charge in [0.15, 0.2) is 0 Å². The van der Waals surface area contributed by atoms with Crippen molar-refractivity contribution < 1.29 is 14.1 Å². The molecule has 0 unspecified atom stereocenters. The Morgan fingerprint density at radius 3 is 2.75 bits per heavy atom. The summed E-state index contributed by atoms with van der Waals surface area (Å²) in [6.07, 6.45) is 0.760. The molecule has 2 amide bonds. The Labute approximate surface area is 167 Å². The van der Waals surface area contributed by atoms with Gasteiger partial charge in [0.2, 0.25) is 5.91 Å². The van der Waals surface area contributed by atoms with Crippen molar-refractivity contribution >= 4 is 34.8 Å². The van der Waals surface area contributed by atoms with E-state index >= 15 is 0 Å². The molecule has 0 saturated carbocycles. The molecule has 0 spiro atoms. The molecule has 1 aliphatic rings. The van der Waals surface area contributed by atoms with Crippen molar-refractivity contribution in [1.29, 1.82) is 0 Å². The third kappa shape index (κ3) is 3.16. The van der Waals surface area contributed by atoms with Gasteiger partial charge in [-0.1, -0.05) is 35.0 Å². The van der Waals surface area contributed by atoms with Crippen LogP contribution in [0.3, 0.4) is 0 Å². The van der Waals surface area contributed by atoms with Crippen LogP contribution in [-0.2, 0) is 11.2 Å². The van der Waals surface area contributed by atoms with Crippen molar-refractivity contribution in [3.05, 3.63) is 64.4 Å². The molecule has 0 radical (unpaired) electrons. The number of aromatic nitrogens is 1. The lowest BCUT2D eigenvalue weighted by atomic mass is 10.1. The van der Waals surface area contributed by atoms with E-state index in [1.54, 1.807) is 36.9 Å². The van der Waals surface area contributed by atoms with Gasteiger partial charge in [-0.25, -0.2) is 0 Å². The molecule has 0 fully saturated rings. The lowest BCUT2D eigenvalue weighted by Gasteiger charge is -2.15. The van der Waals surface area contributed by atoms with E-state index in [9.17, 15) is 9.59 Å². The van der Waals surface area contributed by atoms with E-state index in [0.29, 0.717) is 39.8 Å². The Bertz CT molecular complexity index is 1090. The van der Waals surface area contributed by atoms with Crippen LogP contribution in [0.4, 0.5) is 11.4 Å². The molecule has 7 heteroatoms. The molecule has 142 valence electrons. The van der Waals surface area contributed by atoms with Gasteiger partial charge in [0.05, 0.1) is 5.02 Å². The topological polar surface area (TPSA) is 75.4 Å². The molecule has 0 aliphatic carbocycles. The van der Waals surface area contributed by atoms with E-state index in [0.717, 1.165) is 17.7 Å². The van der Waals surface area contributed by atoms with E-state index in [1.807, 2.05) is 24.3 Å². The molecule has 6 nitrogen and oxygen atoms in total. The summed E-state index contributed by atoms with van der Waals surface area (Å²) in [5.41, 5.74) is 3.96. The fraction of sp³-hybridized carbons (Fsp3) is 0.190. The molecule has 2 heterocycles. The minimum Gasteiger partial charge on any atom is -0.360 e. The number of nitrogens with one attached hydrogen (secondary N) is 1. The number of aryl methyl sites for hydroxylation is 1. The summed E-state index contributed by atoms with van der Waals surface area (Å²) in [6.45, 7) is 3.90. The highest BCUT2D eigenvalue weighted by Gasteiger charge is 2.25. The zero-order chi connectivity index (χ0) is 19.8. The summed E-state index contributed by atoms with van der Waals surface area (Å²) < 4.78 is 5.26. The number of hydrogen-bond donors (Lipinski definition) is 1. The lowest BCUT2D eigenvalue weighted by molar-refractivity contribution is -0.116. The highest BCUT2D eigenvalue weighted by molar-refractivity contribution is 6.33. The Kier molecular flexibility index (Phi) is 4.65. The number of rotatable bonds is 3. The summed E-state index contributed by atoms with van der Waals surface area (Å²) >= 11 is 6.26. The van der Waals surface area contributed by atoms with E-state index in [2.05, 4.69) is 10.5 Å². The number of benzene rings is 2. The SMILES string of the molecule is CC(=O)N1CCc2cc(NC(=O)c3c(-c4ccccc4Cl)noc3C)ccc21. The average molecular weight is 396 g/mol. The second-order valence-electron chi connectivity index (χ2n) is 6.66. The lowest BCUT2D eigenvalue weighted by Crippen LogP contribution is -2.25. The first-order chi connectivity index (χ1) is 13.5. The second-order valence-corrected chi connectivity index (χ2v) is 7.07. The molecule has 2 aromatic carbocycles. The van der Waals surface area contributed by atoms with Crippen LogP contribution in [0.25, 0.3) is 11.3 Å². The number of hydrogen-bond acceptors (Lipinski definition) is 4. The minimum atomic E-state index is -0.324. The monoisotopic (exact) mass is 395 g/mol. The maximum absolute atomic E-state index is 13.0. The standard InChI is InChI=1S/C21H18ClN3O3/c1-12-19(20(24-28-12)16-5-3-4-6-17(16)22)21(27)23-15-7-8-18-14(11-15)9-10-25(18)13(2)26/h3-8,11H,9-10H2,1-2H3,(H,23,27). The molecular formula is C21H18ClN3O3. The number of carbonyl (C=O) groups is 2. The first-order valence-electron chi connectivity index (χ1n) is 8.89. The van der Waals surface area contributed by atoms with Crippen molar-refractivity contribution in [2.75, 3.05) is 16.8 Å². The van der Waals surface area contributed by atoms with Crippen LogP contribution in [0.15, 0.2) is 47.0 Å². The van der Waals surface area contributed by atoms with Gasteiger partial charge in [-0.05, 0) is 43.2 Å². The number of halogens is 1. The Balaban J connectivity index is 1.63. The van der Waals surface area contributed by atoms with Crippen LogP contribution in [0.5, 0.6) is 0 Å². The molecule has 1 N–H and O–H groups in total. The van der Waals surface area contributed by atoms with Gasteiger partial charge in [-0.3, -0.25) is 9.59 Å². The quantitative estimate of drug-likeness (QED) is 0.710. The van der Waals surface area contributed by atoms with Crippen molar-refractivity contribution in [3.8, 4) is 11.3 Å². The van der Waals surface area contributed by atoms with E-state index < -0.39 is 0 Å². The van der Waals surface area contributed by atoms with Crippen LogP contribution in [0, 0.1) is 6.92 Å². The van der Waals surface area contributed by atoms with Gasteiger partial charge >= 0.3 is 0 Å². The normalized spacial score (nSPS) is 12.8. The molecular weight excluding hydrogens is 378 g/mol. The zero-order valence-corrected chi connectivity index (χ0v) is 16.2. The van der Waals surface area contributed by atoms with Crippen molar-refractivity contribution in [2.24, 2.45) is 0 Å². The molecule has 1 aromatic heterocycles. The van der Waals surface area contributed by atoms with Gasteiger partial charge in [0, 0.05) is 30.4 Å². The number of amides is 2. The van der Waals surface area contributed by atoms with E-state index in [1.165, 1.54) is 0 Å². The van der Waals surface area contributed by atoms with Crippen LogP contribution < -0.4 is 10.2 Å². The largest absolute Gasteiger partial charge is 0.360 e. The number of anilines is 2. The summed E-state index contributed by atoms with van der Waals surface area (Å²) in [7, 11) is 0. The minimum absolute atomic E-state index is 0.0139. The van der Waals surface area contributed by atoms with Crippen LogP contribution in [0.1, 0.15) is 28.6 Å². The van der Waals surface area contributed by atoms with E-state index in [-0.39, 0.29) is 11.8 Å². The van der Waals surface area contributed by atoms with Crippen LogP contribution in [-0.4, -0.2) is 23.5 Å². The maximum Gasteiger partial charge on any atom is 0.261 e. The smallest absolute Gasteiger partial charge is 0.261 e. The highest BCUT2D eigenvalue weighted by atomic mass is 35.5. The zero-order valence-electron chi connectivity index (χ0n) is 15.5. The highest BCUT2D eigenvalue weighted by Crippen LogP contribution is 2.33. The van der Waals surface area contributed by atoms with Gasteiger partial charge in [-0.15, -0.1) is 0 Å². The third-order valence-electron chi connectivity index (χ3n) is 4.83. The predicted molar refractivity (Wildman–Crippen MR) is 108 cm³/mol. The molecule has 0 atom stereocenters. The molecule has 4 rings (SSSR count). The summed E-state index contributed by atoms with van der Waals surface area (Å²) in [6, 6.07) is 12.7. The van der Waals surface area contributed by atoms with Crippen LogP contribution >= 0.6 is 11.6 Å². The molecule has 1 aliphatic heterocycles. The van der Waals surface area contributed by atoms with Gasteiger partial charge in [0.1, 0.15) is 17.0 Å². The van der Waals surface area contributed by atoms with Gasteiger partial charge in [-0.2, -0.15) is 0 Å². The first kappa shape index (κ1) is 18.3. The van der Waals surface area contributed by atoms with Gasteiger partial charge in [0.25, 0.3) is 5.91 Å². The first-order valence-corrected chi connectivity index (χ1v) is 9.27. The Hall–Kier alpha value is -3.12. The predicted octanol–water partition coefficient (Wildman–Crippen LogP) is 4.46. The van der Waals surface area contributed by atoms with E-state index in [4.69, 9.17) is 16.1 Å². The average Bonchev–Trinajstić information content (AvgIpc) is 3.25. The van der Waals surface area contributed by atoms with Gasteiger partial charge < -0.3 is 14.7 Å². The fourth-order valence-corrected chi connectivity index (χ4v) is 3.70.